The summed E-state index contributed by atoms with van der Waals surface area (Å²) in [5.41, 5.74) is 1.43. The highest BCUT2D eigenvalue weighted by Gasteiger charge is 2.37. The summed E-state index contributed by atoms with van der Waals surface area (Å²) in [5.74, 6) is 0.810. The maximum atomic E-state index is 13.2. The van der Waals surface area contributed by atoms with Crippen molar-refractivity contribution in [2.45, 2.75) is 31.9 Å². The second-order valence-corrected chi connectivity index (χ2v) is 7.29. The van der Waals surface area contributed by atoms with Gasteiger partial charge in [0, 0.05) is 25.1 Å². The van der Waals surface area contributed by atoms with Crippen molar-refractivity contribution in [3.8, 4) is 0 Å². The summed E-state index contributed by atoms with van der Waals surface area (Å²) in [6.45, 7) is 5.82. The van der Waals surface area contributed by atoms with E-state index in [9.17, 15) is 4.79 Å². The van der Waals surface area contributed by atoms with Crippen LogP contribution in [0.2, 0.25) is 0 Å². The van der Waals surface area contributed by atoms with Gasteiger partial charge in [0.25, 0.3) is 5.91 Å². The fourth-order valence-electron chi connectivity index (χ4n) is 3.33. The maximum absolute atomic E-state index is 13.2. The number of aromatic nitrogens is 1. The molecule has 1 aromatic heterocycles. The number of morpholine rings is 1. The van der Waals surface area contributed by atoms with Gasteiger partial charge >= 0.3 is 0 Å². The predicted octanol–water partition coefficient (Wildman–Crippen LogP) is 2.94. The molecule has 1 saturated heterocycles. The number of ether oxygens (including phenoxy) is 1. The Morgan fingerprint density at radius 1 is 1.31 bits per heavy atom. The van der Waals surface area contributed by atoms with Gasteiger partial charge in [0.15, 0.2) is 5.69 Å². The lowest BCUT2D eigenvalue weighted by atomic mass is 9.97. The third-order valence-electron chi connectivity index (χ3n) is 4.62. The zero-order chi connectivity index (χ0) is 18.7. The molecule has 0 aliphatic carbocycles. The highest BCUT2D eigenvalue weighted by atomic mass is 16.5. The highest BCUT2D eigenvalue weighted by Crippen LogP contribution is 2.31. The molecule has 1 aromatic carbocycles. The van der Waals surface area contributed by atoms with Crippen LogP contribution in [0.4, 0.5) is 0 Å². The third-order valence-corrected chi connectivity index (χ3v) is 4.62. The van der Waals surface area contributed by atoms with Crippen LogP contribution in [0.3, 0.4) is 0 Å². The van der Waals surface area contributed by atoms with Crippen molar-refractivity contribution in [2.24, 2.45) is 0 Å². The van der Waals surface area contributed by atoms with Crippen LogP contribution in [0.25, 0.3) is 0 Å². The predicted molar refractivity (Wildman–Crippen MR) is 99.1 cm³/mol. The van der Waals surface area contributed by atoms with Gasteiger partial charge in [0.2, 0.25) is 0 Å². The number of carbonyl (C=O) groups excluding carboxylic acids is 1. The summed E-state index contributed by atoms with van der Waals surface area (Å²) < 4.78 is 11.4. The topological polar surface area (TPSA) is 58.8 Å². The quantitative estimate of drug-likeness (QED) is 0.823. The third kappa shape index (κ3) is 3.97. The standard InChI is InChI=1S/C20H27N3O3/c1-14(2)17-12-16(21-26-17)20(24)23-10-11-25-18(13-22(3)4)19(23)15-8-6-5-7-9-15/h5-9,12,14,18-19H,10-11,13H2,1-4H3/t18-,19-/m0/s1. The molecule has 1 aliphatic rings. The van der Waals surface area contributed by atoms with Crippen LogP contribution in [-0.2, 0) is 4.74 Å². The molecule has 2 heterocycles. The molecule has 1 amide bonds. The molecule has 0 spiro atoms. The number of nitrogens with zero attached hydrogens (tertiary/aromatic N) is 3. The van der Waals surface area contributed by atoms with E-state index in [4.69, 9.17) is 9.26 Å². The molecule has 26 heavy (non-hydrogen) atoms. The van der Waals surface area contributed by atoms with Crippen LogP contribution in [0, 0.1) is 0 Å². The van der Waals surface area contributed by atoms with Crippen molar-refractivity contribution >= 4 is 5.91 Å². The van der Waals surface area contributed by atoms with Crippen molar-refractivity contribution in [1.29, 1.82) is 0 Å². The number of benzene rings is 1. The smallest absolute Gasteiger partial charge is 0.276 e. The SMILES string of the molecule is CC(C)c1cc(C(=O)N2CCO[C@@H](CN(C)C)[C@@H]2c2ccccc2)no1. The van der Waals surface area contributed by atoms with Crippen molar-refractivity contribution in [3.63, 3.8) is 0 Å². The van der Waals surface area contributed by atoms with Crippen LogP contribution < -0.4 is 0 Å². The molecule has 2 aromatic rings. The van der Waals surface area contributed by atoms with E-state index in [0.717, 1.165) is 17.9 Å². The molecule has 0 radical (unpaired) electrons. The summed E-state index contributed by atoms with van der Waals surface area (Å²) >= 11 is 0. The Hall–Kier alpha value is -2.18. The molecule has 1 fully saturated rings. The van der Waals surface area contributed by atoms with Gasteiger partial charge < -0.3 is 19.1 Å². The van der Waals surface area contributed by atoms with Crippen LogP contribution in [0.5, 0.6) is 0 Å². The van der Waals surface area contributed by atoms with E-state index in [-0.39, 0.29) is 24.0 Å². The molecule has 0 saturated carbocycles. The van der Waals surface area contributed by atoms with Gasteiger partial charge in [0.1, 0.15) is 5.76 Å². The van der Waals surface area contributed by atoms with E-state index in [2.05, 4.69) is 10.1 Å². The lowest BCUT2D eigenvalue weighted by Gasteiger charge is -2.42. The number of rotatable bonds is 5. The van der Waals surface area contributed by atoms with Crippen molar-refractivity contribution in [2.75, 3.05) is 33.8 Å². The summed E-state index contributed by atoms with van der Waals surface area (Å²) in [6.07, 6.45) is -0.0958. The summed E-state index contributed by atoms with van der Waals surface area (Å²) in [7, 11) is 4.03. The molecule has 6 heteroatoms. The average Bonchev–Trinajstić information content (AvgIpc) is 3.11. The summed E-state index contributed by atoms with van der Waals surface area (Å²) in [6, 6.07) is 11.7. The number of hydrogen-bond donors (Lipinski definition) is 0. The Morgan fingerprint density at radius 2 is 2.04 bits per heavy atom. The molecule has 140 valence electrons. The Morgan fingerprint density at radius 3 is 2.65 bits per heavy atom. The second-order valence-electron chi connectivity index (χ2n) is 7.29. The molecule has 6 nitrogen and oxygen atoms in total. The minimum atomic E-state index is -0.154. The molecular formula is C20H27N3O3. The largest absolute Gasteiger partial charge is 0.373 e. The van der Waals surface area contributed by atoms with Gasteiger partial charge in [-0.25, -0.2) is 0 Å². The fourth-order valence-corrected chi connectivity index (χ4v) is 3.33. The van der Waals surface area contributed by atoms with Gasteiger partial charge in [-0.15, -0.1) is 0 Å². The number of amides is 1. The van der Waals surface area contributed by atoms with Crippen LogP contribution in [0.1, 0.15) is 47.6 Å². The Labute approximate surface area is 154 Å². The zero-order valence-corrected chi connectivity index (χ0v) is 15.9. The molecule has 0 unspecified atom stereocenters. The maximum Gasteiger partial charge on any atom is 0.276 e. The summed E-state index contributed by atoms with van der Waals surface area (Å²) in [4.78, 5) is 17.1. The van der Waals surface area contributed by atoms with Gasteiger partial charge in [-0.2, -0.15) is 0 Å². The number of carbonyl (C=O) groups is 1. The van der Waals surface area contributed by atoms with E-state index in [1.807, 2.05) is 63.2 Å². The number of hydrogen-bond acceptors (Lipinski definition) is 5. The van der Waals surface area contributed by atoms with Gasteiger partial charge in [-0.05, 0) is 19.7 Å². The Kier molecular flexibility index (Phi) is 5.74. The molecule has 0 bridgehead atoms. The van der Waals surface area contributed by atoms with Gasteiger partial charge in [-0.1, -0.05) is 49.3 Å². The average molecular weight is 357 g/mol. The van der Waals surface area contributed by atoms with E-state index in [1.54, 1.807) is 6.07 Å². The molecular weight excluding hydrogens is 330 g/mol. The first-order chi connectivity index (χ1) is 12.5. The second kappa shape index (κ2) is 8.01. The molecule has 0 N–H and O–H groups in total. The summed E-state index contributed by atoms with van der Waals surface area (Å²) in [5, 5.41) is 4.01. The first kappa shape index (κ1) is 18.6. The Bertz CT molecular complexity index is 727. The van der Waals surface area contributed by atoms with Crippen molar-refractivity contribution in [3.05, 3.63) is 53.4 Å². The number of likely N-dealkylation sites (N-methyl/N-ethyl adjacent to an activating group) is 1. The lowest BCUT2D eigenvalue weighted by Crippen LogP contribution is -2.51. The highest BCUT2D eigenvalue weighted by molar-refractivity contribution is 5.92. The zero-order valence-electron chi connectivity index (χ0n) is 15.9. The van der Waals surface area contributed by atoms with Crippen LogP contribution in [-0.4, -0.2) is 60.8 Å². The van der Waals surface area contributed by atoms with E-state index >= 15 is 0 Å². The molecule has 1 aliphatic heterocycles. The minimum Gasteiger partial charge on any atom is -0.373 e. The fraction of sp³-hybridized carbons (Fsp3) is 0.500. The van der Waals surface area contributed by atoms with E-state index in [1.165, 1.54) is 0 Å². The van der Waals surface area contributed by atoms with E-state index in [0.29, 0.717) is 18.8 Å². The van der Waals surface area contributed by atoms with E-state index < -0.39 is 0 Å². The van der Waals surface area contributed by atoms with Crippen molar-refractivity contribution in [1.82, 2.24) is 15.0 Å². The molecule has 3 rings (SSSR count). The normalized spacial score (nSPS) is 20.8. The Balaban J connectivity index is 1.92. The first-order valence-corrected chi connectivity index (χ1v) is 9.06. The van der Waals surface area contributed by atoms with Gasteiger partial charge in [-0.3, -0.25) is 4.79 Å². The minimum absolute atomic E-state index is 0.0958. The monoisotopic (exact) mass is 357 g/mol. The van der Waals surface area contributed by atoms with Gasteiger partial charge in [0.05, 0.1) is 18.8 Å². The first-order valence-electron chi connectivity index (χ1n) is 9.06. The van der Waals surface area contributed by atoms with Crippen LogP contribution in [0.15, 0.2) is 40.9 Å². The molecule has 2 atom stereocenters. The lowest BCUT2D eigenvalue weighted by molar-refractivity contribution is -0.0686. The van der Waals surface area contributed by atoms with Crippen molar-refractivity contribution < 1.29 is 14.1 Å². The van der Waals surface area contributed by atoms with Crippen LogP contribution >= 0.6 is 0 Å².